The predicted molar refractivity (Wildman–Crippen MR) is 54.1 cm³/mol. The molecule has 13 heavy (non-hydrogen) atoms. The lowest BCUT2D eigenvalue weighted by Gasteiger charge is -2.06. The molecule has 0 aliphatic heterocycles. The van der Waals surface area contributed by atoms with Gasteiger partial charge in [-0.2, -0.15) is 8.42 Å². The third-order valence-electron chi connectivity index (χ3n) is 2.09. The van der Waals surface area contributed by atoms with Crippen molar-refractivity contribution in [2.24, 2.45) is 5.92 Å². The zero-order valence-corrected chi connectivity index (χ0v) is 9.56. The zero-order valence-electron chi connectivity index (χ0n) is 8.75. The normalized spacial score (nSPS) is 14.4. The molecule has 80 valence electrons. The minimum absolute atomic E-state index is 0.329. The van der Waals surface area contributed by atoms with Crippen LogP contribution < -0.4 is 0 Å². The molecule has 3 nitrogen and oxygen atoms in total. The van der Waals surface area contributed by atoms with Crippen LogP contribution in [0, 0.1) is 5.92 Å². The van der Waals surface area contributed by atoms with Gasteiger partial charge in [-0.3, -0.25) is 4.18 Å². The summed E-state index contributed by atoms with van der Waals surface area (Å²) in [6, 6.07) is 0. The van der Waals surface area contributed by atoms with Gasteiger partial charge in [0.1, 0.15) is 0 Å². The molecule has 0 heterocycles. The van der Waals surface area contributed by atoms with Crippen molar-refractivity contribution >= 4 is 10.1 Å². The molecule has 4 heteroatoms. The molecule has 0 rings (SSSR count). The summed E-state index contributed by atoms with van der Waals surface area (Å²) in [7, 11) is -3.23. The summed E-state index contributed by atoms with van der Waals surface area (Å²) in [5, 5.41) is 0. The lowest BCUT2D eigenvalue weighted by molar-refractivity contribution is 0.305. The first kappa shape index (κ1) is 12.9. The van der Waals surface area contributed by atoms with Gasteiger partial charge in [0, 0.05) is 0 Å². The molecule has 0 spiro atoms. The van der Waals surface area contributed by atoms with E-state index in [-0.39, 0.29) is 0 Å². The van der Waals surface area contributed by atoms with Crippen LogP contribution in [0.5, 0.6) is 0 Å². The highest BCUT2D eigenvalue weighted by molar-refractivity contribution is 7.85. The number of unbranched alkanes of at least 4 members (excludes halogenated alkanes) is 1. The highest BCUT2D eigenvalue weighted by Crippen LogP contribution is 2.10. The van der Waals surface area contributed by atoms with Gasteiger partial charge in [0.25, 0.3) is 10.1 Å². The predicted octanol–water partition coefficient (Wildman–Crippen LogP) is 2.18. The molecule has 0 amide bonds. The molecule has 0 fully saturated rings. The summed E-state index contributed by atoms with van der Waals surface area (Å²) in [4.78, 5) is 0. The monoisotopic (exact) mass is 208 g/mol. The van der Waals surface area contributed by atoms with Gasteiger partial charge in [-0.1, -0.05) is 33.1 Å². The molecule has 0 aromatic carbocycles. The minimum atomic E-state index is -3.23. The Kier molecular flexibility index (Phi) is 6.33. The van der Waals surface area contributed by atoms with E-state index in [1.165, 1.54) is 6.42 Å². The Bertz CT molecular complexity index is 209. The van der Waals surface area contributed by atoms with Crippen LogP contribution in [0.2, 0.25) is 0 Å². The Morgan fingerprint density at radius 3 is 2.38 bits per heavy atom. The van der Waals surface area contributed by atoms with Crippen LogP contribution in [0.1, 0.15) is 39.5 Å². The molecular weight excluding hydrogens is 188 g/mol. The van der Waals surface area contributed by atoms with Crippen LogP contribution >= 0.6 is 0 Å². The van der Waals surface area contributed by atoms with Crippen molar-refractivity contribution in [2.75, 3.05) is 12.9 Å². The Labute approximate surface area is 81.6 Å². The van der Waals surface area contributed by atoms with Crippen LogP contribution in [0.25, 0.3) is 0 Å². The van der Waals surface area contributed by atoms with E-state index in [2.05, 4.69) is 18.0 Å². The largest absolute Gasteiger partial charge is 0.270 e. The highest BCUT2D eigenvalue weighted by Gasteiger charge is 2.02. The Morgan fingerprint density at radius 1 is 1.31 bits per heavy atom. The van der Waals surface area contributed by atoms with Crippen molar-refractivity contribution in [1.29, 1.82) is 0 Å². The number of rotatable bonds is 7. The van der Waals surface area contributed by atoms with Crippen molar-refractivity contribution in [3.63, 3.8) is 0 Å². The van der Waals surface area contributed by atoms with E-state index >= 15 is 0 Å². The lowest BCUT2D eigenvalue weighted by Crippen LogP contribution is -2.04. The molecule has 0 radical (unpaired) electrons. The van der Waals surface area contributed by atoms with Crippen molar-refractivity contribution in [3.05, 3.63) is 0 Å². The van der Waals surface area contributed by atoms with Gasteiger partial charge in [-0.05, 0) is 12.3 Å². The van der Waals surface area contributed by atoms with E-state index in [4.69, 9.17) is 0 Å². The second-order valence-electron chi connectivity index (χ2n) is 3.54. The maximum absolute atomic E-state index is 10.6. The maximum atomic E-state index is 10.6. The SMILES string of the molecule is CC[C@@H](C)CCCCOS(C)(=O)=O. The molecular formula is C9H20O3S. The minimum Gasteiger partial charge on any atom is -0.270 e. The molecule has 0 aromatic rings. The van der Waals surface area contributed by atoms with E-state index in [9.17, 15) is 8.42 Å². The van der Waals surface area contributed by atoms with Crippen LogP contribution in [-0.4, -0.2) is 21.3 Å². The molecule has 0 N–H and O–H groups in total. The fourth-order valence-corrected chi connectivity index (χ4v) is 1.43. The molecule has 0 saturated carbocycles. The fraction of sp³-hybridized carbons (Fsp3) is 1.00. The summed E-state index contributed by atoms with van der Waals surface area (Å²) in [6.07, 6.45) is 5.31. The van der Waals surface area contributed by atoms with Crippen LogP contribution in [0.15, 0.2) is 0 Å². The standard InChI is InChI=1S/C9H20O3S/c1-4-9(2)7-5-6-8-12-13(3,10)11/h9H,4-8H2,1-3H3/t9-/m1/s1. The smallest absolute Gasteiger partial charge is 0.264 e. The Morgan fingerprint density at radius 2 is 1.92 bits per heavy atom. The van der Waals surface area contributed by atoms with Crippen LogP contribution in [0.3, 0.4) is 0 Å². The van der Waals surface area contributed by atoms with E-state index in [0.29, 0.717) is 6.61 Å². The Hall–Kier alpha value is -0.0900. The molecule has 1 atom stereocenters. The van der Waals surface area contributed by atoms with Crippen molar-refractivity contribution in [3.8, 4) is 0 Å². The molecule has 0 aliphatic rings. The fourth-order valence-electron chi connectivity index (χ4n) is 1.01. The third-order valence-corrected chi connectivity index (χ3v) is 2.68. The molecule has 0 aromatic heterocycles. The van der Waals surface area contributed by atoms with Gasteiger partial charge in [0.15, 0.2) is 0 Å². The van der Waals surface area contributed by atoms with Gasteiger partial charge in [0.2, 0.25) is 0 Å². The van der Waals surface area contributed by atoms with Gasteiger partial charge >= 0.3 is 0 Å². The van der Waals surface area contributed by atoms with Gasteiger partial charge in [0.05, 0.1) is 12.9 Å². The topological polar surface area (TPSA) is 43.4 Å². The average Bonchev–Trinajstić information content (AvgIpc) is 2.01. The summed E-state index contributed by atoms with van der Waals surface area (Å²) >= 11 is 0. The first-order valence-corrected chi connectivity index (χ1v) is 6.61. The maximum Gasteiger partial charge on any atom is 0.264 e. The summed E-state index contributed by atoms with van der Waals surface area (Å²) in [6.45, 7) is 4.70. The van der Waals surface area contributed by atoms with Gasteiger partial charge in [-0.25, -0.2) is 0 Å². The van der Waals surface area contributed by atoms with Crippen molar-refractivity contribution in [2.45, 2.75) is 39.5 Å². The molecule has 0 unspecified atom stereocenters. The molecule has 0 aliphatic carbocycles. The Balaban J connectivity index is 3.27. The van der Waals surface area contributed by atoms with Crippen molar-refractivity contribution in [1.82, 2.24) is 0 Å². The van der Waals surface area contributed by atoms with Crippen LogP contribution in [-0.2, 0) is 14.3 Å². The average molecular weight is 208 g/mol. The van der Waals surface area contributed by atoms with Crippen molar-refractivity contribution < 1.29 is 12.6 Å². The number of hydrogen-bond donors (Lipinski definition) is 0. The van der Waals surface area contributed by atoms with Gasteiger partial charge in [-0.15, -0.1) is 0 Å². The van der Waals surface area contributed by atoms with Crippen LogP contribution in [0.4, 0.5) is 0 Å². The van der Waals surface area contributed by atoms with E-state index in [0.717, 1.165) is 31.4 Å². The summed E-state index contributed by atoms with van der Waals surface area (Å²) in [5.41, 5.74) is 0. The lowest BCUT2D eigenvalue weighted by atomic mass is 10.0. The van der Waals surface area contributed by atoms with E-state index < -0.39 is 10.1 Å². The highest BCUT2D eigenvalue weighted by atomic mass is 32.2. The quantitative estimate of drug-likeness (QED) is 0.476. The van der Waals surface area contributed by atoms with E-state index in [1.807, 2.05) is 0 Å². The number of hydrogen-bond acceptors (Lipinski definition) is 3. The van der Waals surface area contributed by atoms with Gasteiger partial charge < -0.3 is 0 Å². The summed E-state index contributed by atoms with van der Waals surface area (Å²) < 4.78 is 25.7. The third kappa shape index (κ3) is 9.83. The van der Waals surface area contributed by atoms with E-state index in [1.54, 1.807) is 0 Å². The zero-order chi connectivity index (χ0) is 10.3. The summed E-state index contributed by atoms with van der Waals surface area (Å²) in [5.74, 6) is 0.734. The second kappa shape index (κ2) is 6.38. The second-order valence-corrected chi connectivity index (χ2v) is 5.18. The first-order valence-electron chi connectivity index (χ1n) is 4.80. The molecule has 0 bridgehead atoms. The first-order chi connectivity index (χ1) is 5.95. The molecule has 0 saturated heterocycles.